The minimum atomic E-state index is 0.903. The fourth-order valence-corrected chi connectivity index (χ4v) is 1.34. The smallest absolute Gasteiger partial charge is 0.000948 e. The van der Waals surface area contributed by atoms with Crippen LogP contribution in [0.2, 0.25) is 0 Å². The highest BCUT2D eigenvalue weighted by molar-refractivity contribution is 4.94. The van der Waals surface area contributed by atoms with Gasteiger partial charge in [0.1, 0.15) is 0 Å². The van der Waals surface area contributed by atoms with Crippen molar-refractivity contribution in [2.24, 2.45) is 5.92 Å². The zero-order valence-electron chi connectivity index (χ0n) is 6.30. The fourth-order valence-electron chi connectivity index (χ4n) is 1.34. The van der Waals surface area contributed by atoms with Gasteiger partial charge in [-0.2, -0.15) is 0 Å². The van der Waals surface area contributed by atoms with E-state index < -0.39 is 0 Å². The number of hydrogen-bond acceptors (Lipinski definition) is 1. The number of allylic oxidation sites excluding steroid dienone is 2. The van der Waals surface area contributed by atoms with E-state index in [0.29, 0.717) is 0 Å². The van der Waals surface area contributed by atoms with Crippen LogP contribution in [0.1, 0.15) is 12.8 Å². The molecular formula is C8H15N. The molecule has 0 fully saturated rings. The lowest BCUT2D eigenvalue weighted by Crippen LogP contribution is -2.19. The molecule has 0 amide bonds. The van der Waals surface area contributed by atoms with E-state index in [1.165, 1.54) is 19.4 Å². The fraction of sp³-hybridized carbons (Fsp3) is 0.750. The van der Waals surface area contributed by atoms with E-state index in [0.717, 1.165) is 5.92 Å². The van der Waals surface area contributed by atoms with Gasteiger partial charge >= 0.3 is 0 Å². The zero-order chi connectivity index (χ0) is 6.69. The van der Waals surface area contributed by atoms with E-state index in [-0.39, 0.29) is 0 Å². The molecule has 0 atom stereocenters. The van der Waals surface area contributed by atoms with Gasteiger partial charge in [0, 0.05) is 6.54 Å². The molecule has 1 heteroatoms. The van der Waals surface area contributed by atoms with Crippen LogP contribution in [0.3, 0.4) is 0 Å². The Morgan fingerprint density at radius 2 is 1.89 bits per heavy atom. The normalized spacial score (nSPS) is 19.9. The summed E-state index contributed by atoms with van der Waals surface area (Å²) in [5.41, 5.74) is 0. The summed E-state index contributed by atoms with van der Waals surface area (Å²) in [5, 5.41) is 0. The van der Waals surface area contributed by atoms with Crippen molar-refractivity contribution in [3.05, 3.63) is 12.2 Å². The van der Waals surface area contributed by atoms with Gasteiger partial charge < -0.3 is 4.90 Å². The Morgan fingerprint density at radius 3 is 2.33 bits per heavy atom. The first-order valence-electron chi connectivity index (χ1n) is 3.59. The quantitative estimate of drug-likeness (QED) is 0.506. The molecule has 0 bridgehead atoms. The van der Waals surface area contributed by atoms with Gasteiger partial charge in [0.15, 0.2) is 0 Å². The largest absolute Gasteiger partial charge is 0.309 e. The van der Waals surface area contributed by atoms with Gasteiger partial charge in [0.25, 0.3) is 0 Å². The summed E-state index contributed by atoms with van der Waals surface area (Å²) in [6.45, 7) is 1.24. The average molecular weight is 125 g/mol. The third-order valence-electron chi connectivity index (χ3n) is 1.73. The summed E-state index contributed by atoms with van der Waals surface area (Å²) in [7, 11) is 4.27. The Bertz CT molecular complexity index is 97.1. The zero-order valence-corrected chi connectivity index (χ0v) is 6.30. The van der Waals surface area contributed by atoms with E-state index in [4.69, 9.17) is 0 Å². The second kappa shape index (κ2) is 3.02. The predicted molar refractivity (Wildman–Crippen MR) is 40.4 cm³/mol. The van der Waals surface area contributed by atoms with Gasteiger partial charge in [-0.1, -0.05) is 12.2 Å². The minimum Gasteiger partial charge on any atom is -0.309 e. The van der Waals surface area contributed by atoms with Crippen LogP contribution in [-0.2, 0) is 0 Å². The predicted octanol–water partition coefficient (Wildman–Crippen LogP) is 1.51. The molecule has 0 saturated heterocycles. The van der Waals surface area contributed by atoms with Crippen molar-refractivity contribution in [2.75, 3.05) is 20.6 Å². The molecular weight excluding hydrogens is 110 g/mol. The van der Waals surface area contributed by atoms with Gasteiger partial charge in [0.2, 0.25) is 0 Å². The highest BCUT2D eigenvalue weighted by Crippen LogP contribution is 2.17. The Kier molecular flexibility index (Phi) is 2.29. The van der Waals surface area contributed by atoms with Crippen molar-refractivity contribution >= 4 is 0 Å². The second-order valence-electron chi connectivity index (χ2n) is 3.07. The first-order chi connectivity index (χ1) is 4.29. The van der Waals surface area contributed by atoms with Crippen molar-refractivity contribution in [1.82, 2.24) is 4.90 Å². The van der Waals surface area contributed by atoms with Crippen molar-refractivity contribution in [2.45, 2.75) is 12.8 Å². The first-order valence-corrected chi connectivity index (χ1v) is 3.59. The third-order valence-corrected chi connectivity index (χ3v) is 1.73. The monoisotopic (exact) mass is 125 g/mol. The van der Waals surface area contributed by atoms with Gasteiger partial charge in [-0.15, -0.1) is 0 Å². The Balaban J connectivity index is 2.14. The average Bonchev–Trinajstić information content (AvgIpc) is 2.15. The van der Waals surface area contributed by atoms with Gasteiger partial charge in [-0.3, -0.25) is 0 Å². The van der Waals surface area contributed by atoms with E-state index in [1.807, 2.05) is 0 Å². The highest BCUT2D eigenvalue weighted by Gasteiger charge is 2.09. The molecule has 9 heavy (non-hydrogen) atoms. The summed E-state index contributed by atoms with van der Waals surface area (Å²) in [4.78, 5) is 2.26. The maximum atomic E-state index is 2.29. The molecule has 0 radical (unpaired) electrons. The van der Waals surface area contributed by atoms with Gasteiger partial charge in [-0.05, 0) is 32.9 Å². The molecule has 0 heterocycles. The highest BCUT2D eigenvalue weighted by atomic mass is 15.1. The van der Waals surface area contributed by atoms with Crippen molar-refractivity contribution in [3.63, 3.8) is 0 Å². The molecule has 0 aromatic carbocycles. The summed E-state index contributed by atoms with van der Waals surface area (Å²) < 4.78 is 0. The second-order valence-corrected chi connectivity index (χ2v) is 3.07. The SMILES string of the molecule is CN(C)CC1CC=CC1. The minimum absolute atomic E-state index is 0.903. The summed E-state index contributed by atoms with van der Waals surface area (Å²) in [6, 6.07) is 0. The third kappa shape index (κ3) is 2.19. The lowest BCUT2D eigenvalue weighted by Gasteiger charge is -2.14. The summed E-state index contributed by atoms with van der Waals surface area (Å²) >= 11 is 0. The van der Waals surface area contributed by atoms with Crippen LogP contribution in [0, 0.1) is 5.92 Å². The van der Waals surface area contributed by atoms with Crippen molar-refractivity contribution in [3.8, 4) is 0 Å². The molecule has 0 unspecified atom stereocenters. The van der Waals surface area contributed by atoms with Gasteiger partial charge in [-0.25, -0.2) is 0 Å². The van der Waals surface area contributed by atoms with E-state index >= 15 is 0 Å². The lowest BCUT2D eigenvalue weighted by atomic mass is 10.1. The van der Waals surface area contributed by atoms with Crippen LogP contribution in [-0.4, -0.2) is 25.5 Å². The van der Waals surface area contributed by atoms with Crippen LogP contribution in [0.15, 0.2) is 12.2 Å². The summed E-state index contributed by atoms with van der Waals surface area (Å²) in [5.74, 6) is 0.903. The maximum Gasteiger partial charge on any atom is 0.000948 e. The van der Waals surface area contributed by atoms with Crippen LogP contribution in [0.5, 0.6) is 0 Å². The molecule has 0 spiro atoms. The molecule has 0 N–H and O–H groups in total. The Morgan fingerprint density at radius 1 is 1.33 bits per heavy atom. The van der Waals surface area contributed by atoms with Crippen molar-refractivity contribution < 1.29 is 0 Å². The first kappa shape index (κ1) is 6.81. The number of rotatable bonds is 2. The molecule has 0 saturated carbocycles. The Hall–Kier alpha value is -0.300. The van der Waals surface area contributed by atoms with Crippen molar-refractivity contribution in [1.29, 1.82) is 0 Å². The summed E-state index contributed by atoms with van der Waals surface area (Å²) in [6.07, 6.45) is 7.15. The molecule has 1 aliphatic carbocycles. The topological polar surface area (TPSA) is 3.24 Å². The molecule has 0 aliphatic heterocycles. The molecule has 52 valence electrons. The number of nitrogens with zero attached hydrogens (tertiary/aromatic N) is 1. The van der Waals surface area contributed by atoms with E-state index in [2.05, 4.69) is 31.1 Å². The molecule has 1 rings (SSSR count). The van der Waals surface area contributed by atoms with Gasteiger partial charge in [0.05, 0.1) is 0 Å². The molecule has 0 aromatic rings. The van der Waals surface area contributed by atoms with Crippen LogP contribution in [0.4, 0.5) is 0 Å². The van der Waals surface area contributed by atoms with Crippen LogP contribution in [0.25, 0.3) is 0 Å². The van der Waals surface area contributed by atoms with Crippen LogP contribution >= 0.6 is 0 Å². The Labute approximate surface area is 57.4 Å². The lowest BCUT2D eigenvalue weighted by molar-refractivity contribution is 0.334. The molecule has 1 nitrogen and oxygen atoms in total. The maximum absolute atomic E-state index is 2.29. The molecule has 0 aromatic heterocycles. The van der Waals surface area contributed by atoms with E-state index in [9.17, 15) is 0 Å². The molecule has 1 aliphatic rings. The standard InChI is InChI=1S/C8H15N/c1-9(2)7-8-5-3-4-6-8/h3-4,8H,5-7H2,1-2H3. The number of hydrogen-bond donors (Lipinski definition) is 0. The van der Waals surface area contributed by atoms with Crippen LogP contribution < -0.4 is 0 Å². The van der Waals surface area contributed by atoms with E-state index in [1.54, 1.807) is 0 Å².